The van der Waals surface area contributed by atoms with Crippen LogP contribution in [0.15, 0.2) is 45.5 Å². The van der Waals surface area contributed by atoms with Crippen LogP contribution in [0.1, 0.15) is 54.5 Å². The molecule has 9 nitrogen and oxygen atoms in total. The van der Waals surface area contributed by atoms with Crippen molar-refractivity contribution in [2.75, 3.05) is 20.1 Å². The molecule has 33 heavy (non-hydrogen) atoms. The van der Waals surface area contributed by atoms with Gasteiger partial charge in [0.15, 0.2) is 5.78 Å². The molecule has 1 atom stereocenters. The Balaban J connectivity index is 1.36. The Morgan fingerprint density at radius 3 is 2.73 bits per heavy atom. The number of likely N-dealkylation sites (tertiary alicyclic amines) is 1. The van der Waals surface area contributed by atoms with E-state index in [0.717, 1.165) is 12.8 Å². The number of amides is 1. The summed E-state index contributed by atoms with van der Waals surface area (Å²) in [5.41, 5.74) is 0.547. The van der Waals surface area contributed by atoms with Crippen LogP contribution < -0.4 is 5.32 Å². The minimum atomic E-state index is -0.484. The van der Waals surface area contributed by atoms with Gasteiger partial charge < -0.3 is 19.2 Å². The number of carbonyl (C=O) groups is 2. The summed E-state index contributed by atoms with van der Waals surface area (Å²) in [4.78, 5) is 26.7. The number of rotatable bonds is 11. The van der Waals surface area contributed by atoms with Crippen LogP contribution in [0.5, 0.6) is 0 Å². The van der Waals surface area contributed by atoms with Crippen LogP contribution in [0.4, 0.5) is 4.39 Å². The molecule has 0 spiro atoms. The van der Waals surface area contributed by atoms with Crippen molar-refractivity contribution in [3.63, 3.8) is 0 Å². The van der Waals surface area contributed by atoms with Gasteiger partial charge in [0.05, 0.1) is 11.5 Å². The predicted molar refractivity (Wildman–Crippen MR) is 115 cm³/mol. The van der Waals surface area contributed by atoms with Gasteiger partial charge in [-0.05, 0) is 32.0 Å². The number of Topliss-reactive ketones (excluding diaryl/α,β-unsaturated/α-hetero) is 1. The highest BCUT2D eigenvalue weighted by molar-refractivity contribution is 5.93. The fraction of sp³-hybridized carbons (Fsp3) is 0.435. The zero-order valence-corrected chi connectivity index (χ0v) is 18.4. The summed E-state index contributed by atoms with van der Waals surface area (Å²) < 4.78 is 24.6. The SMILES string of the molecule is CN1CC(C(=O)N[C@@H](CCCCCC(=O)c2ccon2)c2nnc(-c3ccccc3F)o2)C1. The van der Waals surface area contributed by atoms with Crippen LogP contribution in [-0.2, 0) is 4.79 Å². The Kier molecular flexibility index (Phi) is 7.23. The molecule has 0 radical (unpaired) electrons. The molecule has 10 heteroatoms. The van der Waals surface area contributed by atoms with Crippen molar-refractivity contribution in [3.05, 3.63) is 54.0 Å². The van der Waals surface area contributed by atoms with E-state index in [1.54, 1.807) is 24.3 Å². The third-order valence-electron chi connectivity index (χ3n) is 5.71. The van der Waals surface area contributed by atoms with Gasteiger partial charge in [0.2, 0.25) is 11.8 Å². The largest absolute Gasteiger partial charge is 0.418 e. The Labute approximate surface area is 190 Å². The number of carbonyl (C=O) groups excluding carboxylic acids is 2. The fourth-order valence-electron chi connectivity index (χ4n) is 3.83. The van der Waals surface area contributed by atoms with Gasteiger partial charge in [-0.25, -0.2) is 4.39 Å². The molecule has 1 aliphatic rings. The second kappa shape index (κ2) is 10.5. The lowest BCUT2D eigenvalue weighted by Gasteiger charge is -2.35. The van der Waals surface area contributed by atoms with E-state index in [4.69, 9.17) is 8.94 Å². The molecule has 0 unspecified atom stereocenters. The minimum Gasteiger partial charge on any atom is -0.418 e. The smallest absolute Gasteiger partial charge is 0.250 e. The molecule has 1 fully saturated rings. The standard InChI is InChI=1S/C23H26FN5O4/c1-29-13-15(14-29)21(31)25-19(9-3-2-4-10-20(30)18-11-12-32-28-18)23-27-26-22(33-23)16-7-5-6-8-17(16)24/h5-8,11-12,15,19H,2-4,9-10,13-14H2,1H3,(H,25,31)/t19-/m0/s1. The Hall–Kier alpha value is -3.40. The van der Waals surface area contributed by atoms with Crippen LogP contribution in [0.3, 0.4) is 0 Å². The highest BCUT2D eigenvalue weighted by Gasteiger charge is 2.32. The molecule has 1 saturated heterocycles. The Morgan fingerprint density at radius 2 is 2.00 bits per heavy atom. The van der Waals surface area contributed by atoms with E-state index < -0.39 is 11.9 Å². The number of ketones is 1. The van der Waals surface area contributed by atoms with Gasteiger partial charge in [0, 0.05) is 25.6 Å². The second-order valence-electron chi connectivity index (χ2n) is 8.31. The quantitative estimate of drug-likeness (QED) is 0.346. The maximum Gasteiger partial charge on any atom is 0.250 e. The zero-order valence-electron chi connectivity index (χ0n) is 18.4. The van der Waals surface area contributed by atoms with Crippen molar-refractivity contribution >= 4 is 11.7 Å². The van der Waals surface area contributed by atoms with Crippen molar-refractivity contribution < 1.29 is 22.9 Å². The molecular formula is C23H26FN5O4. The molecule has 1 aliphatic heterocycles. The van der Waals surface area contributed by atoms with E-state index in [2.05, 4.69) is 25.6 Å². The van der Waals surface area contributed by atoms with Gasteiger partial charge in [0.1, 0.15) is 23.8 Å². The highest BCUT2D eigenvalue weighted by atomic mass is 19.1. The highest BCUT2D eigenvalue weighted by Crippen LogP contribution is 2.26. The lowest BCUT2D eigenvalue weighted by atomic mass is 9.99. The minimum absolute atomic E-state index is 0.0610. The van der Waals surface area contributed by atoms with Crippen molar-refractivity contribution in [2.45, 2.75) is 38.1 Å². The van der Waals surface area contributed by atoms with E-state index in [1.807, 2.05) is 7.05 Å². The number of hydrogen-bond donors (Lipinski definition) is 1. The first-order chi connectivity index (χ1) is 16.0. The second-order valence-corrected chi connectivity index (χ2v) is 8.31. The molecule has 0 bridgehead atoms. The molecule has 174 valence electrons. The van der Waals surface area contributed by atoms with Gasteiger partial charge in [-0.15, -0.1) is 10.2 Å². The maximum absolute atomic E-state index is 14.1. The monoisotopic (exact) mass is 455 g/mol. The summed E-state index contributed by atoms with van der Waals surface area (Å²) in [6, 6.07) is 7.23. The first-order valence-electron chi connectivity index (χ1n) is 11.0. The van der Waals surface area contributed by atoms with E-state index in [1.165, 1.54) is 12.3 Å². The summed E-state index contributed by atoms with van der Waals surface area (Å²) in [7, 11) is 1.96. The molecule has 3 aromatic rings. The number of hydrogen-bond acceptors (Lipinski definition) is 8. The lowest BCUT2D eigenvalue weighted by Crippen LogP contribution is -2.52. The molecule has 1 N–H and O–H groups in total. The normalized spacial score (nSPS) is 15.2. The number of unbranched alkanes of at least 4 members (excludes halogenated alkanes) is 2. The molecule has 3 heterocycles. The molecule has 0 saturated carbocycles. The van der Waals surface area contributed by atoms with Crippen LogP contribution >= 0.6 is 0 Å². The number of halogens is 1. The van der Waals surface area contributed by atoms with Crippen LogP contribution in [0.25, 0.3) is 11.5 Å². The lowest BCUT2D eigenvalue weighted by molar-refractivity contribution is -0.130. The molecule has 2 aromatic heterocycles. The number of benzene rings is 1. The first kappa shape index (κ1) is 22.8. The van der Waals surface area contributed by atoms with E-state index in [0.29, 0.717) is 38.0 Å². The predicted octanol–water partition coefficient (Wildman–Crippen LogP) is 3.42. The summed E-state index contributed by atoms with van der Waals surface area (Å²) in [6.07, 6.45) is 4.50. The molecule has 4 rings (SSSR count). The van der Waals surface area contributed by atoms with Gasteiger partial charge in [-0.3, -0.25) is 9.59 Å². The fourth-order valence-corrected chi connectivity index (χ4v) is 3.83. The Morgan fingerprint density at radius 1 is 1.18 bits per heavy atom. The molecular weight excluding hydrogens is 429 g/mol. The van der Waals surface area contributed by atoms with Crippen LogP contribution in [0, 0.1) is 11.7 Å². The summed E-state index contributed by atoms with van der Waals surface area (Å²) in [6.45, 7) is 1.40. The average Bonchev–Trinajstić information content (AvgIpc) is 3.48. The average molecular weight is 455 g/mol. The van der Waals surface area contributed by atoms with Crippen molar-refractivity contribution in [2.24, 2.45) is 5.92 Å². The van der Waals surface area contributed by atoms with Crippen molar-refractivity contribution in [3.8, 4) is 11.5 Å². The molecule has 0 aliphatic carbocycles. The summed E-state index contributed by atoms with van der Waals surface area (Å²) in [5.74, 6) is -0.343. The maximum atomic E-state index is 14.1. The van der Waals surface area contributed by atoms with Crippen molar-refractivity contribution in [1.82, 2.24) is 25.6 Å². The first-order valence-corrected chi connectivity index (χ1v) is 11.0. The van der Waals surface area contributed by atoms with Crippen LogP contribution in [0.2, 0.25) is 0 Å². The summed E-state index contributed by atoms with van der Waals surface area (Å²) in [5, 5.41) is 14.7. The zero-order chi connectivity index (χ0) is 23.2. The van der Waals surface area contributed by atoms with Crippen molar-refractivity contribution in [1.29, 1.82) is 0 Å². The third-order valence-corrected chi connectivity index (χ3v) is 5.71. The summed E-state index contributed by atoms with van der Waals surface area (Å²) >= 11 is 0. The number of nitrogens with zero attached hydrogens (tertiary/aromatic N) is 4. The van der Waals surface area contributed by atoms with Gasteiger partial charge >= 0.3 is 0 Å². The number of nitrogens with one attached hydrogen (secondary N) is 1. The van der Waals surface area contributed by atoms with E-state index >= 15 is 0 Å². The van der Waals surface area contributed by atoms with Gasteiger partial charge in [0.25, 0.3) is 5.89 Å². The van der Waals surface area contributed by atoms with Crippen LogP contribution in [-0.4, -0.2) is 52.1 Å². The van der Waals surface area contributed by atoms with E-state index in [-0.39, 0.29) is 35.0 Å². The van der Waals surface area contributed by atoms with E-state index in [9.17, 15) is 14.0 Å². The third kappa shape index (κ3) is 5.70. The molecule has 1 aromatic carbocycles. The topological polar surface area (TPSA) is 114 Å². The Bertz CT molecular complexity index is 1080. The van der Waals surface area contributed by atoms with Gasteiger partial charge in [-0.1, -0.05) is 30.1 Å². The number of aromatic nitrogens is 3. The van der Waals surface area contributed by atoms with Gasteiger partial charge in [-0.2, -0.15) is 0 Å². The molecule has 1 amide bonds.